The van der Waals surface area contributed by atoms with E-state index in [0.29, 0.717) is 54.1 Å². The Balaban J connectivity index is 1.46. The predicted molar refractivity (Wildman–Crippen MR) is 169 cm³/mol. The van der Waals surface area contributed by atoms with Crippen molar-refractivity contribution in [3.8, 4) is 11.5 Å². The number of carbonyl (C=O) groups is 1. The van der Waals surface area contributed by atoms with Crippen LogP contribution in [0.15, 0.2) is 99.3 Å². The van der Waals surface area contributed by atoms with Gasteiger partial charge in [-0.25, -0.2) is 4.99 Å². The quantitative estimate of drug-likeness (QED) is 0.186. The third-order valence-corrected chi connectivity index (χ3v) is 8.06. The number of thioether (sulfide) groups is 1. The summed E-state index contributed by atoms with van der Waals surface area (Å²) in [5, 5.41) is 1.71. The third-order valence-electron chi connectivity index (χ3n) is 6.00. The lowest BCUT2D eigenvalue weighted by Gasteiger charge is -2.16. The van der Waals surface area contributed by atoms with Crippen molar-refractivity contribution in [1.29, 1.82) is 0 Å². The molecule has 1 heterocycles. The van der Waals surface area contributed by atoms with Gasteiger partial charge >= 0.3 is 0 Å². The molecule has 0 N–H and O–H groups in total. The Morgan fingerprint density at radius 2 is 1.60 bits per heavy atom. The Bertz CT molecular complexity index is 1610. The molecule has 0 aliphatic carbocycles. The van der Waals surface area contributed by atoms with E-state index in [-0.39, 0.29) is 5.91 Å². The van der Waals surface area contributed by atoms with Gasteiger partial charge in [0, 0.05) is 10.0 Å². The number of hydrogen-bond donors (Lipinski definition) is 0. The Hall–Kier alpha value is -3.23. The van der Waals surface area contributed by atoms with Crippen LogP contribution in [0.1, 0.15) is 16.7 Å². The first-order chi connectivity index (χ1) is 19.3. The molecule has 9 heteroatoms. The van der Waals surface area contributed by atoms with Crippen LogP contribution in [0.4, 0.5) is 11.4 Å². The van der Waals surface area contributed by atoms with Gasteiger partial charge in [0.05, 0.1) is 27.9 Å². The molecule has 202 valence electrons. The first-order valence-corrected chi connectivity index (χ1v) is 14.6. The monoisotopic (exact) mass is 652 g/mol. The zero-order chi connectivity index (χ0) is 28.2. The second-order valence-corrected chi connectivity index (χ2v) is 11.6. The maximum atomic E-state index is 13.7. The van der Waals surface area contributed by atoms with Gasteiger partial charge in [-0.05, 0) is 112 Å². The van der Waals surface area contributed by atoms with Crippen molar-refractivity contribution in [2.75, 3.05) is 12.0 Å². The van der Waals surface area contributed by atoms with Gasteiger partial charge in [-0.15, -0.1) is 0 Å². The average molecular weight is 654 g/mol. The minimum atomic E-state index is -0.199. The van der Waals surface area contributed by atoms with E-state index in [0.717, 1.165) is 11.1 Å². The standard InChI is InChI=1S/C31H23BrCl2N2O3S/c1-19-3-5-20(6-4-19)18-39-29-26(32)15-21(16-27(29)38-2)17-28-30(37)36(25-13-9-23(34)10-14-25)31(40-28)35-24-11-7-22(33)8-12-24/h3-17H,18H2,1-2H3/b28-17-,35-31?. The summed E-state index contributed by atoms with van der Waals surface area (Å²) >= 11 is 17.1. The van der Waals surface area contributed by atoms with Crippen LogP contribution >= 0.6 is 50.9 Å². The lowest BCUT2D eigenvalue weighted by atomic mass is 10.1. The molecule has 1 amide bonds. The van der Waals surface area contributed by atoms with Crippen LogP contribution in [0.2, 0.25) is 10.0 Å². The molecule has 1 aliphatic heterocycles. The minimum Gasteiger partial charge on any atom is -0.493 e. The molecule has 0 saturated carbocycles. The number of amidine groups is 1. The summed E-state index contributed by atoms with van der Waals surface area (Å²) in [5.74, 6) is 0.937. The Labute approximate surface area is 255 Å². The molecular weight excluding hydrogens is 631 g/mol. The average Bonchev–Trinajstić information content (AvgIpc) is 3.24. The van der Waals surface area contributed by atoms with Gasteiger partial charge in [0.2, 0.25) is 0 Å². The number of aliphatic imine (C=N–C) groups is 1. The lowest BCUT2D eigenvalue weighted by Crippen LogP contribution is -2.28. The van der Waals surface area contributed by atoms with Gasteiger partial charge in [0.25, 0.3) is 5.91 Å². The molecule has 5 nitrogen and oxygen atoms in total. The van der Waals surface area contributed by atoms with E-state index in [1.165, 1.54) is 17.3 Å². The Kier molecular flexibility index (Phi) is 8.86. The van der Waals surface area contributed by atoms with Crippen molar-refractivity contribution in [2.24, 2.45) is 4.99 Å². The van der Waals surface area contributed by atoms with Crippen LogP contribution in [-0.2, 0) is 11.4 Å². The summed E-state index contributed by atoms with van der Waals surface area (Å²) in [6, 6.07) is 26.1. The van der Waals surface area contributed by atoms with Crippen LogP contribution in [0.25, 0.3) is 6.08 Å². The van der Waals surface area contributed by atoms with Gasteiger partial charge in [-0.1, -0.05) is 53.0 Å². The summed E-state index contributed by atoms with van der Waals surface area (Å²) in [4.78, 5) is 20.5. The number of rotatable bonds is 7. The number of anilines is 1. The van der Waals surface area contributed by atoms with E-state index in [1.54, 1.807) is 60.5 Å². The van der Waals surface area contributed by atoms with E-state index >= 15 is 0 Å². The van der Waals surface area contributed by atoms with Crippen LogP contribution < -0.4 is 14.4 Å². The van der Waals surface area contributed by atoms with E-state index in [9.17, 15) is 4.79 Å². The molecule has 1 saturated heterocycles. The number of amides is 1. The van der Waals surface area contributed by atoms with E-state index in [4.69, 9.17) is 37.7 Å². The summed E-state index contributed by atoms with van der Waals surface area (Å²) < 4.78 is 12.5. The molecule has 1 aliphatic rings. The molecule has 0 radical (unpaired) electrons. The third kappa shape index (κ3) is 6.56. The topological polar surface area (TPSA) is 51.1 Å². The normalized spacial score (nSPS) is 15.2. The molecule has 0 bridgehead atoms. The fourth-order valence-corrected chi connectivity index (χ4v) is 5.77. The van der Waals surface area contributed by atoms with Gasteiger partial charge in [-0.2, -0.15) is 0 Å². The van der Waals surface area contributed by atoms with Crippen molar-refractivity contribution in [3.05, 3.63) is 121 Å². The number of ether oxygens (including phenoxy) is 2. The molecule has 5 rings (SSSR count). The van der Waals surface area contributed by atoms with Crippen molar-refractivity contribution < 1.29 is 14.3 Å². The van der Waals surface area contributed by atoms with Gasteiger partial charge in [0.15, 0.2) is 16.7 Å². The second-order valence-electron chi connectivity index (χ2n) is 8.91. The molecule has 4 aromatic carbocycles. The highest BCUT2D eigenvalue weighted by Crippen LogP contribution is 2.41. The van der Waals surface area contributed by atoms with E-state index in [1.807, 2.05) is 49.4 Å². The molecule has 4 aromatic rings. The van der Waals surface area contributed by atoms with Crippen molar-refractivity contribution in [1.82, 2.24) is 0 Å². The van der Waals surface area contributed by atoms with E-state index < -0.39 is 0 Å². The van der Waals surface area contributed by atoms with Gasteiger partial charge < -0.3 is 9.47 Å². The number of carbonyl (C=O) groups excluding carboxylic acids is 1. The lowest BCUT2D eigenvalue weighted by molar-refractivity contribution is -0.113. The number of hydrogen-bond acceptors (Lipinski definition) is 5. The second kappa shape index (κ2) is 12.5. The molecule has 0 unspecified atom stereocenters. The fraction of sp³-hybridized carbons (Fsp3) is 0.0968. The highest BCUT2D eigenvalue weighted by atomic mass is 79.9. The summed E-state index contributed by atoms with van der Waals surface area (Å²) in [5.41, 5.74) is 4.35. The zero-order valence-electron chi connectivity index (χ0n) is 21.5. The smallest absolute Gasteiger partial charge is 0.271 e. The Morgan fingerprint density at radius 1 is 0.950 bits per heavy atom. The number of methoxy groups -OCH3 is 1. The summed E-state index contributed by atoms with van der Waals surface area (Å²) in [6.45, 7) is 2.44. The fourth-order valence-electron chi connectivity index (χ4n) is 3.95. The predicted octanol–water partition coefficient (Wildman–Crippen LogP) is 9.46. The SMILES string of the molecule is COc1cc(/C=C2\SC(=Nc3ccc(Cl)cc3)N(c3ccc(Cl)cc3)C2=O)cc(Br)c1OCc1ccc(C)cc1. The first-order valence-electron chi connectivity index (χ1n) is 12.2. The number of halogens is 3. The van der Waals surface area contributed by atoms with Crippen molar-refractivity contribution in [3.63, 3.8) is 0 Å². The summed E-state index contributed by atoms with van der Waals surface area (Å²) in [6.07, 6.45) is 1.82. The van der Waals surface area contributed by atoms with E-state index in [2.05, 4.69) is 15.9 Å². The van der Waals surface area contributed by atoms with Crippen molar-refractivity contribution in [2.45, 2.75) is 13.5 Å². The number of benzene rings is 4. The van der Waals surface area contributed by atoms with Gasteiger partial charge in [-0.3, -0.25) is 9.69 Å². The molecular formula is C31H23BrCl2N2O3S. The molecule has 0 spiro atoms. The van der Waals surface area contributed by atoms with Gasteiger partial charge in [0.1, 0.15) is 6.61 Å². The number of nitrogens with zero attached hydrogens (tertiary/aromatic N) is 2. The van der Waals surface area contributed by atoms with Crippen LogP contribution in [-0.4, -0.2) is 18.2 Å². The highest BCUT2D eigenvalue weighted by Gasteiger charge is 2.35. The molecule has 0 atom stereocenters. The first kappa shape index (κ1) is 28.3. The zero-order valence-corrected chi connectivity index (χ0v) is 25.4. The van der Waals surface area contributed by atoms with Crippen LogP contribution in [0.5, 0.6) is 11.5 Å². The minimum absolute atomic E-state index is 0.199. The molecule has 1 fully saturated rings. The number of aryl methyl sites for hydroxylation is 1. The van der Waals surface area contributed by atoms with Crippen LogP contribution in [0.3, 0.4) is 0 Å². The van der Waals surface area contributed by atoms with Crippen LogP contribution in [0, 0.1) is 6.92 Å². The molecule has 40 heavy (non-hydrogen) atoms. The Morgan fingerprint density at radius 3 is 2.25 bits per heavy atom. The van der Waals surface area contributed by atoms with Crippen molar-refractivity contribution >= 4 is 79.4 Å². The summed E-state index contributed by atoms with van der Waals surface area (Å²) in [7, 11) is 1.59. The molecule has 0 aromatic heterocycles. The largest absolute Gasteiger partial charge is 0.493 e. The maximum absolute atomic E-state index is 13.7. The maximum Gasteiger partial charge on any atom is 0.271 e. The highest BCUT2D eigenvalue weighted by molar-refractivity contribution is 9.10.